The van der Waals surface area contributed by atoms with Gasteiger partial charge in [0.1, 0.15) is 11.8 Å². The molecule has 0 saturated heterocycles. The Kier molecular flexibility index (Phi) is 3.15. The van der Waals surface area contributed by atoms with Crippen LogP contribution in [0.5, 0.6) is 0 Å². The summed E-state index contributed by atoms with van der Waals surface area (Å²) in [6, 6.07) is 7.19. The Labute approximate surface area is 99.4 Å². The van der Waals surface area contributed by atoms with E-state index >= 15 is 0 Å². The van der Waals surface area contributed by atoms with Gasteiger partial charge in [-0.1, -0.05) is 18.2 Å². The summed E-state index contributed by atoms with van der Waals surface area (Å²) in [6.45, 7) is 1.73. The van der Waals surface area contributed by atoms with E-state index in [-0.39, 0.29) is 18.6 Å². The van der Waals surface area contributed by atoms with E-state index in [1.165, 1.54) is 11.2 Å². The van der Waals surface area contributed by atoms with E-state index in [4.69, 9.17) is 9.52 Å². The number of nitrogens with zero attached hydrogens (tertiary/aromatic N) is 1. The lowest BCUT2D eigenvalue weighted by Gasteiger charge is -2.22. The van der Waals surface area contributed by atoms with Crippen LogP contribution in [0.25, 0.3) is 11.0 Å². The number of fused-ring (bicyclic) bond motifs is 1. The van der Waals surface area contributed by atoms with Crippen LogP contribution in [0.2, 0.25) is 0 Å². The highest BCUT2D eigenvalue weighted by molar-refractivity contribution is 6.05. The summed E-state index contributed by atoms with van der Waals surface area (Å²) >= 11 is 0. The normalized spacial score (nSPS) is 12.6. The van der Waals surface area contributed by atoms with Crippen molar-refractivity contribution in [3.05, 3.63) is 36.1 Å². The fraction of sp³-hybridized carbons (Fsp3) is 0.308. The Bertz CT molecular complexity index is 532. The quantitative estimate of drug-likeness (QED) is 0.880. The number of aliphatic hydroxyl groups is 1. The molecule has 17 heavy (non-hydrogen) atoms. The topological polar surface area (TPSA) is 53.7 Å². The number of hydrogen-bond donors (Lipinski definition) is 1. The molecule has 0 fully saturated rings. The van der Waals surface area contributed by atoms with E-state index in [1.54, 1.807) is 14.0 Å². The fourth-order valence-electron chi connectivity index (χ4n) is 1.66. The predicted octanol–water partition coefficient (Wildman–Crippen LogP) is 1.89. The number of furan rings is 1. The van der Waals surface area contributed by atoms with Crippen LogP contribution in [0, 0.1) is 0 Å². The van der Waals surface area contributed by atoms with Crippen molar-refractivity contribution in [3.63, 3.8) is 0 Å². The first kappa shape index (κ1) is 11.7. The molecule has 1 unspecified atom stereocenters. The average molecular weight is 233 g/mol. The van der Waals surface area contributed by atoms with Crippen LogP contribution in [0.1, 0.15) is 17.3 Å². The molecule has 0 aliphatic carbocycles. The Morgan fingerprint density at radius 3 is 2.88 bits per heavy atom. The summed E-state index contributed by atoms with van der Waals surface area (Å²) in [7, 11) is 1.67. The van der Waals surface area contributed by atoms with Crippen LogP contribution in [-0.2, 0) is 0 Å². The third-order valence-corrected chi connectivity index (χ3v) is 2.96. The second kappa shape index (κ2) is 4.59. The Morgan fingerprint density at radius 2 is 2.18 bits per heavy atom. The van der Waals surface area contributed by atoms with Gasteiger partial charge in [0, 0.05) is 12.4 Å². The first-order valence-electron chi connectivity index (χ1n) is 5.49. The summed E-state index contributed by atoms with van der Waals surface area (Å²) in [6.07, 6.45) is 1.47. The van der Waals surface area contributed by atoms with Crippen molar-refractivity contribution in [2.45, 2.75) is 13.0 Å². The molecule has 0 saturated carbocycles. The molecular formula is C13H15NO3. The highest BCUT2D eigenvalue weighted by atomic mass is 16.3. The molecule has 0 bridgehead atoms. The monoisotopic (exact) mass is 233 g/mol. The van der Waals surface area contributed by atoms with Gasteiger partial charge in [-0.25, -0.2) is 0 Å². The zero-order valence-corrected chi connectivity index (χ0v) is 9.88. The maximum Gasteiger partial charge on any atom is 0.257 e. The molecule has 4 nitrogen and oxygen atoms in total. The van der Waals surface area contributed by atoms with Crippen LogP contribution in [0.3, 0.4) is 0 Å². The number of rotatable bonds is 3. The number of carbonyl (C=O) groups is 1. The summed E-state index contributed by atoms with van der Waals surface area (Å²) in [5.74, 6) is -0.142. The zero-order valence-electron chi connectivity index (χ0n) is 9.88. The van der Waals surface area contributed by atoms with Gasteiger partial charge in [-0.15, -0.1) is 0 Å². The van der Waals surface area contributed by atoms with Gasteiger partial charge >= 0.3 is 0 Å². The smallest absolute Gasteiger partial charge is 0.257 e. The lowest BCUT2D eigenvalue weighted by Crippen LogP contribution is -2.37. The molecule has 1 atom stereocenters. The molecule has 0 spiro atoms. The third-order valence-electron chi connectivity index (χ3n) is 2.96. The second-order valence-electron chi connectivity index (χ2n) is 4.09. The third kappa shape index (κ3) is 2.03. The summed E-state index contributed by atoms with van der Waals surface area (Å²) in [5, 5.41) is 9.85. The molecule has 1 aromatic heterocycles. The van der Waals surface area contributed by atoms with Crippen molar-refractivity contribution in [1.82, 2.24) is 4.90 Å². The van der Waals surface area contributed by atoms with Crippen LogP contribution in [0.15, 0.2) is 34.9 Å². The molecule has 1 aromatic carbocycles. The summed E-state index contributed by atoms with van der Waals surface area (Å²) in [4.78, 5) is 13.7. The maximum atomic E-state index is 12.2. The Hall–Kier alpha value is -1.81. The Morgan fingerprint density at radius 1 is 1.47 bits per heavy atom. The first-order valence-corrected chi connectivity index (χ1v) is 5.49. The van der Waals surface area contributed by atoms with Crippen molar-refractivity contribution >= 4 is 16.9 Å². The lowest BCUT2D eigenvalue weighted by atomic mass is 10.1. The number of carbonyl (C=O) groups excluding carboxylic acids is 1. The molecule has 0 radical (unpaired) electrons. The van der Waals surface area contributed by atoms with Gasteiger partial charge in [0.05, 0.1) is 18.2 Å². The van der Waals surface area contributed by atoms with Gasteiger partial charge in [-0.3, -0.25) is 4.79 Å². The minimum absolute atomic E-state index is 0.0575. The molecule has 1 N–H and O–H groups in total. The number of para-hydroxylation sites is 1. The molecule has 4 heteroatoms. The number of amides is 1. The molecule has 2 rings (SSSR count). The second-order valence-corrected chi connectivity index (χ2v) is 4.09. The van der Waals surface area contributed by atoms with E-state index in [0.717, 1.165) is 5.39 Å². The standard InChI is InChI=1S/C13H15NO3/c1-9(7-15)14(2)13(16)11-8-17-12-6-4-3-5-10(11)12/h3-6,8-9,15H,7H2,1-2H3. The van der Waals surface area contributed by atoms with Gasteiger partial charge < -0.3 is 14.4 Å². The van der Waals surface area contributed by atoms with E-state index in [0.29, 0.717) is 11.1 Å². The molecule has 0 aliphatic heterocycles. The van der Waals surface area contributed by atoms with E-state index < -0.39 is 0 Å². The number of likely N-dealkylation sites (N-methyl/N-ethyl adjacent to an activating group) is 1. The molecule has 1 heterocycles. The van der Waals surface area contributed by atoms with Gasteiger partial charge in [0.15, 0.2) is 0 Å². The molecule has 2 aromatic rings. The van der Waals surface area contributed by atoms with Gasteiger partial charge in [-0.05, 0) is 13.0 Å². The van der Waals surface area contributed by atoms with Crippen molar-refractivity contribution in [2.75, 3.05) is 13.7 Å². The van der Waals surface area contributed by atoms with Crippen LogP contribution in [0.4, 0.5) is 0 Å². The number of aliphatic hydroxyl groups excluding tert-OH is 1. The maximum absolute atomic E-state index is 12.2. The lowest BCUT2D eigenvalue weighted by molar-refractivity contribution is 0.0683. The van der Waals surface area contributed by atoms with Gasteiger partial charge in [-0.2, -0.15) is 0 Å². The Balaban J connectivity index is 2.37. The van der Waals surface area contributed by atoms with Crippen molar-refractivity contribution in [1.29, 1.82) is 0 Å². The van der Waals surface area contributed by atoms with E-state index in [9.17, 15) is 4.79 Å². The molecular weight excluding hydrogens is 218 g/mol. The van der Waals surface area contributed by atoms with Crippen molar-refractivity contribution in [3.8, 4) is 0 Å². The van der Waals surface area contributed by atoms with E-state index in [2.05, 4.69) is 0 Å². The SMILES string of the molecule is CC(CO)N(C)C(=O)c1coc2ccccc12. The van der Waals surface area contributed by atoms with Crippen LogP contribution in [-0.4, -0.2) is 35.6 Å². The summed E-state index contributed by atoms with van der Waals surface area (Å²) in [5.41, 5.74) is 1.23. The van der Waals surface area contributed by atoms with Gasteiger partial charge in [0.2, 0.25) is 0 Å². The van der Waals surface area contributed by atoms with Crippen molar-refractivity contribution in [2.24, 2.45) is 0 Å². The molecule has 0 aliphatic rings. The minimum atomic E-state index is -0.212. The number of hydrogen-bond acceptors (Lipinski definition) is 3. The van der Waals surface area contributed by atoms with E-state index in [1.807, 2.05) is 24.3 Å². The highest BCUT2D eigenvalue weighted by Gasteiger charge is 2.20. The first-order chi connectivity index (χ1) is 8.15. The zero-order chi connectivity index (χ0) is 12.4. The van der Waals surface area contributed by atoms with Crippen LogP contribution >= 0.6 is 0 Å². The summed E-state index contributed by atoms with van der Waals surface area (Å²) < 4.78 is 5.32. The fourth-order valence-corrected chi connectivity index (χ4v) is 1.66. The highest BCUT2D eigenvalue weighted by Crippen LogP contribution is 2.22. The largest absolute Gasteiger partial charge is 0.463 e. The molecule has 1 amide bonds. The van der Waals surface area contributed by atoms with Gasteiger partial charge in [0.25, 0.3) is 5.91 Å². The number of benzene rings is 1. The predicted molar refractivity (Wildman–Crippen MR) is 64.9 cm³/mol. The minimum Gasteiger partial charge on any atom is -0.463 e. The average Bonchev–Trinajstić information content (AvgIpc) is 2.79. The molecule has 90 valence electrons. The van der Waals surface area contributed by atoms with Crippen molar-refractivity contribution < 1.29 is 14.3 Å². The van der Waals surface area contributed by atoms with Crippen LogP contribution < -0.4 is 0 Å².